The van der Waals surface area contributed by atoms with Gasteiger partial charge in [-0.1, -0.05) is 0 Å². The van der Waals surface area contributed by atoms with Crippen molar-refractivity contribution in [2.24, 2.45) is 0 Å². The van der Waals surface area contributed by atoms with Crippen molar-refractivity contribution in [3.63, 3.8) is 0 Å². The van der Waals surface area contributed by atoms with Gasteiger partial charge in [0.05, 0.1) is 19.3 Å². The van der Waals surface area contributed by atoms with Gasteiger partial charge in [0.15, 0.2) is 0 Å². The van der Waals surface area contributed by atoms with E-state index in [-0.39, 0.29) is 6.10 Å². The molecule has 0 aliphatic carbocycles. The number of aldehydes is 1. The van der Waals surface area contributed by atoms with Gasteiger partial charge in [0.2, 0.25) is 0 Å². The normalized spacial score (nSPS) is 23.8. The molecule has 0 saturated carbocycles. The van der Waals surface area contributed by atoms with Crippen molar-refractivity contribution < 1.29 is 14.3 Å². The molecular formula is C8H14O3. The van der Waals surface area contributed by atoms with Crippen LogP contribution in [-0.2, 0) is 14.3 Å². The average molecular weight is 158 g/mol. The van der Waals surface area contributed by atoms with Gasteiger partial charge in [-0.15, -0.1) is 0 Å². The van der Waals surface area contributed by atoms with E-state index in [1.165, 1.54) is 0 Å². The smallest absolute Gasteiger partial charge is 0.122 e. The molecule has 0 spiro atoms. The molecule has 1 aliphatic rings. The first-order chi connectivity index (χ1) is 5.43. The molecule has 0 aromatic rings. The minimum atomic E-state index is 0.279. The fourth-order valence-corrected chi connectivity index (χ4v) is 1.12. The molecule has 0 N–H and O–H groups in total. The molecule has 1 unspecified atom stereocenters. The number of carbonyl (C=O) groups excluding carboxylic acids is 1. The van der Waals surface area contributed by atoms with Crippen LogP contribution in [0.3, 0.4) is 0 Å². The van der Waals surface area contributed by atoms with Gasteiger partial charge in [-0.25, -0.2) is 0 Å². The third-order valence-electron chi connectivity index (χ3n) is 1.71. The van der Waals surface area contributed by atoms with Crippen molar-refractivity contribution in [2.45, 2.75) is 25.4 Å². The van der Waals surface area contributed by atoms with Crippen LogP contribution in [0.2, 0.25) is 0 Å². The summed E-state index contributed by atoms with van der Waals surface area (Å²) in [6.07, 6.45) is 3.88. The molecular weight excluding hydrogens is 144 g/mol. The second-order valence-corrected chi connectivity index (χ2v) is 2.67. The van der Waals surface area contributed by atoms with E-state index in [4.69, 9.17) is 9.47 Å². The Kier molecular flexibility index (Phi) is 4.16. The summed E-state index contributed by atoms with van der Waals surface area (Å²) in [7, 11) is 0. The number of ether oxygens (including phenoxy) is 2. The molecule has 0 aromatic heterocycles. The Hall–Kier alpha value is -0.410. The molecule has 0 amide bonds. The van der Waals surface area contributed by atoms with Crippen LogP contribution >= 0.6 is 0 Å². The van der Waals surface area contributed by atoms with Crippen LogP contribution < -0.4 is 0 Å². The summed E-state index contributed by atoms with van der Waals surface area (Å²) in [5.41, 5.74) is 0. The van der Waals surface area contributed by atoms with E-state index in [1.54, 1.807) is 0 Å². The number of hydrogen-bond donors (Lipinski definition) is 0. The lowest BCUT2D eigenvalue weighted by atomic mass is 10.2. The topological polar surface area (TPSA) is 35.5 Å². The molecule has 0 bridgehead atoms. The maximum Gasteiger partial charge on any atom is 0.122 e. The van der Waals surface area contributed by atoms with Crippen molar-refractivity contribution in [1.82, 2.24) is 0 Å². The van der Waals surface area contributed by atoms with Crippen LogP contribution in [0.5, 0.6) is 0 Å². The molecule has 1 rings (SSSR count). The van der Waals surface area contributed by atoms with Crippen LogP contribution in [-0.4, -0.2) is 32.2 Å². The Labute approximate surface area is 66.7 Å². The standard InChI is InChI=1S/C8H14O3/c9-4-2-5-10-7-8-3-1-6-11-8/h4,8H,1-3,5-7H2. The zero-order chi connectivity index (χ0) is 7.94. The van der Waals surface area contributed by atoms with Gasteiger partial charge in [0.25, 0.3) is 0 Å². The zero-order valence-corrected chi connectivity index (χ0v) is 6.62. The second-order valence-electron chi connectivity index (χ2n) is 2.67. The van der Waals surface area contributed by atoms with E-state index in [0.717, 1.165) is 25.7 Å². The van der Waals surface area contributed by atoms with Crippen LogP contribution in [0.15, 0.2) is 0 Å². The van der Waals surface area contributed by atoms with Gasteiger partial charge < -0.3 is 14.3 Å². The Morgan fingerprint density at radius 1 is 1.64 bits per heavy atom. The molecule has 1 aliphatic heterocycles. The monoisotopic (exact) mass is 158 g/mol. The first-order valence-corrected chi connectivity index (χ1v) is 4.06. The summed E-state index contributed by atoms with van der Waals surface area (Å²) in [4.78, 5) is 9.89. The third kappa shape index (κ3) is 3.49. The summed E-state index contributed by atoms with van der Waals surface area (Å²) in [5.74, 6) is 0. The Morgan fingerprint density at radius 3 is 3.18 bits per heavy atom. The van der Waals surface area contributed by atoms with E-state index in [2.05, 4.69) is 0 Å². The van der Waals surface area contributed by atoms with Crippen LogP contribution in [0.1, 0.15) is 19.3 Å². The summed E-state index contributed by atoms with van der Waals surface area (Å²) in [6, 6.07) is 0. The largest absolute Gasteiger partial charge is 0.378 e. The van der Waals surface area contributed by atoms with Crippen LogP contribution in [0, 0.1) is 0 Å². The SMILES string of the molecule is O=CCCOCC1CCCO1. The molecule has 3 nitrogen and oxygen atoms in total. The number of hydrogen-bond acceptors (Lipinski definition) is 3. The Balaban J connectivity index is 1.89. The van der Waals surface area contributed by atoms with Gasteiger partial charge in [-0.3, -0.25) is 0 Å². The van der Waals surface area contributed by atoms with Crippen molar-refractivity contribution in [1.29, 1.82) is 0 Å². The van der Waals surface area contributed by atoms with Gasteiger partial charge in [-0.2, -0.15) is 0 Å². The molecule has 11 heavy (non-hydrogen) atoms. The lowest BCUT2D eigenvalue weighted by Crippen LogP contribution is -2.14. The lowest BCUT2D eigenvalue weighted by molar-refractivity contribution is -0.109. The molecule has 1 heterocycles. The van der Waals surface area contributed by atoms with Crippen molar-refractivity contribution in [2.75, 3.05) is 19.8 Å². The highest BCUT2D eigenvalue weighted by atomic mass is 16.5. The van der Waals surface area contributed by atoms with E-state index in [1.807, 2.05) is 0 Å². The first kappa shape index (κ1) is 8.68. The van der Waals surface area contributed by atoms with Crippen LogP contribution in [0.4, 0.5) is 0 Å². The highest BCUT2D eigenvalue weighted by Gasteiger charge is 2.14. The number of rotatable bonds is 5. The van der Waals surface area contributed by atoms with E-state index in [9.17, 15) is 4.79 Å². The van der Waals surface area contributed by atoms with E-state index in [0.29, 0.717) is 19.6 Å². The fraction of sp³-hybridized carbons (Fsp3) is 0.875. The fourth-order valence-electron chi connectivity index (χ4n) is 1.12. The summed E-state index contributed by atoms with van der Waals surface area (Å²) in [6.45, 7) is 2.04. The molecule has 0 radical (unpaired) electrons. The Bertz CT molecular complexity index is 108. The highest BCUT2D eigenvalue weighted by molar-refractivity contribution is 5.49. The summed E-state index contributed by atoms with van der Waals surface area (Å²) < 4.78 is 10.5. The van der Waals surface area contributed by atoms with Crippen LogP contribution in [0.25, 0.3) is 0 Å². The summed E-state index contributed by atoms with van der Waals surface area (Å²) >= 11 is 0. The molecule has 1 atom stereocenters. The van der Waals surface area contributed by atoms with Crippen molar-refractivity contribution in [3.05, 3.63) is 0 Å². The predicted molar refractivity (Wildman–Crippen MR) is 40.5 cm³/mol. The van der Waals surface area contributed by atoms with Gasteiger partial charge in [0, 0.05) is 13.0 Å². The predicted octanol–water partition coefficient (Wildman–Crippen LogP) is 0.771. The van der Waals surface area contributed by atoms with Gasteiger partial charge in [-0.05, 0) is 12.8 Å². The minimum Gasteiger partial charge on any atom is -0.378 e. The average Bonchev–Trinajstić information content (AvgIpc) is 2.50. The van der Waals surface area contributed by atoms with E-state index < -0.39 is 0 Å². The second kappa shape index (κ2) is 5.27. The first-order valence-electron chi connectivity index (χ1n) is 4.06. The molecule has 3 heteroatoms. The molecule has 1 fully saturated rings. The summed E-state index contributed by atoms with van der Waals surface area (Å²) in [5, 5.41) is 0. The maximum atomic E-state index is 9.89. The maximum absolute atomic E-state index is 9.89. The van der Waals surface area contributed by atoms with Crippen molar-refractivity contribution in [3.8, 4) is 0 Å². The lowest BCUT2D eigenvalue weighted by Gasteiger charge is -2.08. The molecule has 1 saturated heterocycles. The third-order valence-corrected chi connectivity index (χ3v) is 1.71. The van der Waals surface area contributed by atoms with Gasteiger partial charge >= 0.3 is 0 Å². The highest BCUT2D eigenvalue weighted by Crippen LogP contribution is 2.11. The minimum absolute atomic E-state index is 0.279. The molecule has 0 aromatic carbocycles. The number of carbonyl (C=O) groups is 1. The van der Waals surface area contributed by atoms with Crippen molar-refractivity contribution >= 4 is 6.29 Å². The quantitative estimate of drug-likeness (QED) is 0.438. The Morgan fingerprint density at radius 2 is 2.55 bits per heavy atom. The van der Waals surface area contributed by atoms with E-state index >= 15 is 0 Å². The van der Waals surface area contributed by atoms with Gasteiger partial charge in [0.1, 0.15) is 6.29 Å². The zero-order valence-electron chi connectivity index (χ0n) is 6.62. The molecule has 64 valence electrons.